The number of aromatic nitrogens is 2. The van der Waals surface area contributed by atoms with E-state index in [4.69, 9.17) is 0 Å². The van der Waals surface area contributed by atoms with Crippen LogP contribution in [0.3, 0.4) is 0 Å². The van der Waals surface area contributed by atoms with Crippen LogP contribution in [0.15, 0.2) is 48.5 Å². The second-order valence-electron chi connectivity index (χ2n) is 6.26. The van der Waals surface area contributed by atoms with Crippen LogP contribution in [0.25, 0.3) is 43.6 Å². The molecule has 0 atom stereocenters. The summed E-state index contributed by atoms with van der Waals surface area (Å²) in [6.07, 6.45) is 0. The van der Waals surface area contributed by atoms with Gasteiger partial charge in [0, 0.05) is 32.6 Å². The van der Waals surface area contributed by atoms with Gasteiger partial charge in [-0.3, -0.25) is 0 Å². The van der Waals surface area contributed by atoms with Crippen molar-refractivity contribution in [3.8, 4) is 0 Å². The summed E-state index contributed by atoms with van der Waals surface area (Å²) in [5.74, 6) is 0. The Morgan fingerprint density at radius 1 is 0.545 bits per heavy atom. The molecule has 0 unspecified atom stereocenters. The van der Waals surface area contributed by atoms with Crippen molar-refractivity contribution >= 4 is 43.6 Å². The number of aryl methyl sites for hydroxylation is 2. The lowest BCUT2D eigenvalue weighted by atomic mass is 10.1. The molecule has 2 heteroatoms. The Hall–Kier alpha value is -2.74. The van der Waals surface area contributed by atoms with Crippen molar-refractivity contribution in [3.63, 3.8) is 0 Å². The molecule has 0 aliphatic carbocycles. The molecule has 0 saturated heterocycles. The summed E-state index contributed by atoms with van der Waals surface area (Å²) < 4.78 is 0. The zero-order valence-corrected chi connectivity index (χ0v) is 12.6. The first-order valence-corrected chi connectivity index (χ1v) is 7.64. The van der Waals surface area contributed by atoms with Crippen LogP contribution < -0.4 is 0 Å². The van der Waals surface area contributed by atoms with Crippen LogP contribution >= 0.6 is 0 Å². The third kappa shape index (κ3) is 1.44. The first-order chi connectivity index (χ1) is 10.7. The molecule has 0 bridgehead atoms. The third-order valence-electron chi connectivity index (χ3n) is 4.66. The van der Waals surface area contributed by atoms with Crippen molar-refractivity contribution < 1.29 is 0 Å². The highest BCUT2D eigenvalue weighted by Gasteiger charge is 2.11. The third-order valence-corrected chi connectivity index (χ3v) is 4.66. The molecule has 0 amide bonds. The van der Waals surface area contributed by atoms with E-state index in [-0.39, 0.29) is 0 Å². The van der Waals surface area contributed by atoms with Crippen LogP contribution in [0, 0.1) is 13.8 Å². The molecule has 2 N–H and O–H groups in total. The molecule has 106 valence electrons. The standard InChI is InChI=1S/C20H16N2/c1-11-3-5-13-15-7-8-16-14-6-4-12(2)10-18(14)22-20(16)19(15)21-17(13)9-11/h3-10,21-22H,1-2H3. The minimum absolute atomic E-state index is 1.20. The van der Waals surface area contributed by atoms with Crippen molar-refractivity contribution in [1.82, 2.24) is 9.97 Å². The number of hydrogen-bond acceptors (Lipinski definition) is 0. The Morgan fingerprint density at radius 3 is 1.41 bits per heavy atom. The molecule has 0 spiro atoms. The Labute approximate surface area is 127 Å². The summed E-state index contributed by atoms with van der Waals surface area (Å²) in [6, 6.07) is 17.7. The van der Waals surface area contributed by atoms with Gasteiger partial charge in [0.1, 0.15) is 0 Å². The molecule has 2 nitrogen and oxygen atoms in total. The lowest BCUT2D eigenvalue weighted by Crippen LogP contribution is -1.72. The minimum atomic E-state index is 1.20. The average Bonchev–Trinajstić information content (AvgIpc) is 3.03. The largest absolute Gasteiger partial charge is 0.353 e. The van der Waals surface area contributed by atoms with Gasteiger partial charge in [-0.05, 0) is 37.1 Å². The predicted molar refractivity (Wildman–Crippen MR) is 94.6 cm³/mol. The van der Waals surface area contributed by atoms with Crippen LogP contribution in [0.5, 0.6) is 0 Å². The smallest absolute Gasteiger partial charge is 0.0710 e. The highest BCUT2D eigenvalue weighted by atomic mass is 14.8. The van der Waals surface area contributed by atoms with E-state index in [1.165, 1.54) is 54.7 Å². The van der Waals surface area contributed by atoms with Crippen molar-refractivity contribution in [2.24, 2.45) is 0 Å². The van der Waals surface area contributed by atoms with Crippen molar-refractivity contribution in [2.45, 2.75) is 13.8 Å². The molecule has 0 aliphatic heterocycles. The van der Waals surface area contributed by atoms with Gasteiger partial charge in [-0.25, -0.2) is 0 Å². The van der Waals surface area contributed by atoms with Crippen molar-refractivity contribution in [1.29, 1.82) is 0 Å². The van der Waals surface area contributed by atoms with Crippen LogP contribution in [-0.4, -0.2) is 9.97 Å². The van der Waals surface area contributed by atoms with Gasteiger partial charge in [0.2, 0.25) is 0 Å². The zero-order valence-electron chi connectivity index (χ0n) is 12.6. The number of hydrogen-bond donors (Lipinski definition) is 2. The Bertz CT molecular complexity index is 1090. The summed E-state index contributed by atoms with van der Waals surface area (Å²) in [6.45, 7) is 4.26. The number of benzene rings is 3. The maximum atomic E-state index is 3.61. The van der Waals surface area contributed by atoms with E-state index in [9.17, 15) is 0 Å². The fourth-order valence-corrected chi connectivity index (χ4v) is 3.57. The van der Waals surface area contributed by atoms with E-state index >= 15 is 0 Å². The van der Waals surface area contributed by atoms with E-state index in [1.54, 1.807) is 0 Å². The van der Waals surface area contributed by atoms with Crippen molar-refractivity contribution in [3.05, 3.63) is 59.7 Å². The van der Waals surface area contributed by atoms with Gasteiger partial charge in [-0.15, -0.1) is 0 Å². The summed E-state index contributed by atoms with van der Waals surface area (Å²) in [7, 11) is 0. The monoisotopic (exact) mass is 284 g/mol. The van der Waals surface area contributed by atoms with Crippen LogP contribution in [0.2, 0.25) is 0 Å². The average molecular weight is 284 g/mol. The first kappa shape index (κ1) is 11.9. The molecule has 0 aliphatic rings. The highest BCUT2D eigenvalue weighted by molar-refractivity contribution is 6.21. The molecular formula is C20H16N2. The van der Waals surface area contributed by atoms with Gasteiger partial charge in [0.25, 0.3) is 0 Å². The summed E-state index contributed by atoms with van der Waals surface area (Å²) in [5, 5.41) is 5.14. The van der Waals surface area contributed by atoms with Crippen molar-refractivity contribution in [2.75, 3.05) is 0 Å². The lowest BCUT2D eigenvalue weighted by molar-refractivity contribution is 1.46. The quantitative estimate of drug-likeness (QED) is 0.372. The predicted octanol–water partition coefficient (Wildman–Crippen LogP) is 5.57. The number of nitrogens with one attached hydrogen (secondary N) is 2. The van der Waals surface area contributed by atoms with Crippen LogP contribution in [0.1, 0.15) is 11.1 Å². The summed E-state index contributed by atoms with van der Waals surface area (Å²) in [4.78, 5) is 7.21. The van der Waals surface area contributed by atoms with Crippen LogP contribution in [0.4, 0.5) is 0 Å². The second-order valence-corrected chi connectivity index (χ2v) is 6.26. The number of fused-ring (bicyclic) bond motifs is 7. The zero-order chi connectivity index (χ0) is 14.8. The molecule has 0 saturated carbocycles. The molecule has 2 aromatic heterocycles. The van der Waals surface area contributed by atoms with Gasteiger partial charge < -0.3 is 9.97 Å². The Morgan fingerprint density at radius 2 is 0.955 bits per heavy atom. The molecule has 3 aromatic carbocycles. The number of rotatable bonds is 0. The lowest BCUT2D eigenvalue weighted by Gasteiger charge is -1.95. The molecular weight excluding hydrogens is 268 g/mol. The minimum Gasteiger partial charge on any atom is -0.353 e. The first-order valence-electron chi connectivity index (χ1n) is 7.64. The van der Waals surface area contributed by atoms with Gasteiger partial charge in [0.05, 0.1) is 11.0 Å². The van der Waals surface area contributed by atoms with E-state index < -0.39 is 0 Å². The van der Waals surface area contributed by atoms with E-state index in [1.807, 2.05) is 0 Å². The number of aromatic amines is 2. The molecule has 22 heavy (non-hydrogen) atoms. The van der Waals surface area contributed by atoms with E-state index in [0.29, 0.717) is 0 Å². The molecule has 5 rings (SSSR count). The van der Waals surface area contributed by atoms with Gasteiger partial charge in [0.15, 0.2) is 0 Å². The molecule has 0 radical (unpaired) electrons. The molecule has 5 aromatic rings. The highest BCUT2D eigenvalue weighted by Crippen LogP contribution is 2.34. The van der Waals surface area contributed by atoms with Gasteiger partial charge in [-0.1, -0.05) is 36.4 Å². The van der Waals surface area contributed by atoms with Gasteiger partial charge in [-0.2, -0.15) is 0 Å². The number of H-pyrrole nitrogens is 2. The maximum Gasteiger partial charge on any atom is 0.0710 e. The fourth-order valence-electron chi connectivity index (χ4n) is 3.57. The maximum absolute atomic E-state index is 3.61. The molecule has 2 heterocycles. The topological polar surface area (TPSA) is 31.6 Å². The Kier molecular flexibility index (Phi) is 2.11. The van der Waals surface area contributed by atoms with Crippen LogP contribution in [-0.2, 0) is 0 Å². The van der Waals surface area contributed by atoms with Gasteiger partial charge >= 0.3 is 0 Å². The Balaban J connectivity index is 2.02. The van der Waals surface area contributed by atoms with E-state index in [2.05, 4.69) is 72.3 Å². The fraction of sp³-hybridized carbons (Fsp3) is 0.100. The van der Waals surface area contributed by atoms with E-state index in [0.717, 1.165) is 0 Å². The molecule has 0 fully saturated rings. The normalized spacial score (nSPS) is 12.1. The second kappa shape index (κ2) is 3.92. The summed E-state index contributed by atoms with van der Waals surface area (Å²) >= 11 is 0. The SMILES string of the molecule is Cc1ccc2c(c1)[nH]c1c2ccc2c3ccc(C)cc3[nH]c21. The summed E-state index contributed by atoms with van der Waals surface area (Å²) in [5.41, 5.74) is 7.37.